The van der Waals surface area contributed by atoms with Crippen molar-refractivity contribution < 1.29 is 14.7 Å². The Morgan fingerprint density at radius 3 is 2.39 bits per heavy atom. The van der Waals surface area contributed by atoms with Gasteiger partial charge < -0.3 is 10.0 Å². The van der Waals surface area contributed by atoms with Gasteiger partial charge in [-0.15, -0.1) is 0 Å². The Labute approximate surface area is 107 Å². The monoisotopic (exact) mass is 249 g/mol. The molecule has 0 saturated carbocycles. The molecule has 1 atom stereocenters. The van der Waals surface area contributed by atoms with Gasteiger partial charge in [0.15, 0.2) is 0 Å². The Kier molecular flexibility index (Phi) is 5.36. The molecule has 4 heteroatoms. The molecule has 0 fully saturated rings. The summed E-state index contributed by atoms with van der Waals surface area (Å²) in [5.41, 5.74) is 0.946. The van der Waals surface area contributed by atoms with Crippen molar-refractivity contribution in [2.45, 2.75) is 25.7 Å². The third kappa shape index (κ3) is 3.87. The normalized spacial score (nSPS) is 11.9. The summed E-state index contributed by atoms with van der Waals surface area (Å²) in [6, 6.07) is 9.50. The first-order valence-electron chi connectivity index (χ1n) is 6.08. The van der Waals surface area contributed by atoms with Crippen molar-refractivity contribution in [3.63, 3.8) is 0 Å². The molecule has 0 aromatic heterocycles. The van der Waals surface area contributed by atoms with Crippen LogP contribution in [0.5, 0.6) is 0 Å². The molecule has 0 spiro atoms. The maximum Gasteiger partial charge on any atom is 0.323 e. The van der Waals surface area contributed by atoms with E-state index in [0.717, 1.165) is 18.4 Å². The van der Waals surface area contributed by atoms with E-state index in [2.05, 4.69) is 0 Å². The Balaban J connectivity index is 2.85. The first-order chi connectivity index (χ1) is 8.56. The fourth-order valence-electron chi connectivity index (χ4n) is 1.95. The van der Waals surface area contributed by atoms with Gasteiger partial charge in [-0.1, -0.05) is 43.7 Å². The van der Waals surface area contributed by atoms with Crippen LogP contribution in [0, 0.1) is 0 Å². The van der Waals surface area contributed by atoms with Gasteiger partial charge in [0.05, 0.1) is 5.92 Å². The molecule has 0 aliphatic rings. The number of likely N-dealkylation sites (N-methyl/N-ethyl adjacent to an activating group) is 1. The molecule has 4 nitrogen and oxygen atoms in total. The number of carboxylic acids is 1. The topological polar surface area (TPSA) is 57.6 Å². The predicted octanol–water partition coefficient (Wildman–Crippen LogP) is 2.11. The van der Waals surface area contributed by atoms with Crippen molar-refractivity contribution in [2.75, 3.05) is 13.6 Å². The van der Waals surface area contributed by atoms with Crippen LogP contribution < -0.4 is 0 Å². The highest BCUT2D eigenvalue weighted by molar-refractivity contribution is 5.86. The van der Waals surface area contributed by atoms with Gasteiger partial charge in [0, 0.05) is 7.05 Å². The highest BCUT2D eigenvalue weighted by atomic mass is 16.4. The van der Waals surface area contributed by atoms with Gasteiger partial charge in [-0.25, -0.2) is 0 Å². The number of hydrogen-bond donors (Lipinski definition) is 1. The number of rotatable bonds is 6. The van der Waals surface area contributed by atoms with E-state index in [9.17, 15) is 9.59 Å². The van der Waals surface area contributed by atoms with Crippen LogP contribution in [0.3, 0.4) is 0 Å². The third-order valence-electron chi connectivity index (χ3n) is 2.83. The molecule has 0 saturated heterocycles. The summed E-state index contributed by atoms with van der Waals surface area (Å²) in [6.45, 7) is 1.76. The van der Waals surface area contributed by atoms with E-state index in [1.54, 1.807) is 0 Å². The molecule has 0 radical (unpaired) electrons. The number of carbonyl (C=O) groups is 2. The Morgan fingerprint density at radius 1 is 1.28 bits per heavy atom. The van der Waals surface area contributed by atoms with E-state index in [-0.39, 0.29) is 18.4 Å². The number of carbonyl (C=O) groups excluding carboxylic acids is 1. The SMILES string of the molecule is CCCC(C(=O)N(C)CC(=O)O)c1ccccc1. The van der Waals surface area contributed by atoms with Crippen LogP contribution in [0.2, 0.25) is 0 Å². The number of nitrogens with zero attached hydrogens (tertiary/aromatic N) is 1. The number of hydrogen-bond acceptors (Lipinski definition) is 2. The highest BCUT2D eigenvalue weighted by Gasteiger charge is 2.23. The average Bonchev–Trinajstić information content (AvgIpc) is 2.35. The fourth-order valence-corrected chi connectivity index (χ4v) is 1.95. The van der Waals surface area contributed by atoms with Crippen molar-refractivity contribution in [3.05, 3.63) is 35.9 Å². The number of amides is 1. The summed E-state index contributed by atoms with van der Waals surface area (Å²) < 4.78 is 0. The Bertz CT molecular complexity index is 403. The molecule has 98 valence electrons. The minimum absolute atomic E-state index is 0.134. The number of benzene rings is 1. The molecule has 1 N–H and O–H groups in total. The van der Waals surface area contributed by atoms with Gasteiger partial charge >= 0.3 is 5.97 Å². The summed E-state index contributed by atoms with van der Waals surface area (Å²) in [5.74, 6) is -1.37. The van der Waals surface area contributed by atoms with E-state index in [0.29, 0.717) is 0 Å². The smallest absolute Gasteiger partial charge is 0.323 e. The molecule has 18 heavy (non-hydrogen) atoms. The van der Waals surface area contributed by atoms with Gasteiger partial charge in [0.25, 0.3) is 0 Å². The molecule has 0 heterocycles. The van der Waals surface area contributed by atoms with Crippen molar-refractivity contribution in [1.82, 2.24) is 4.90 Å². The van der Waals surface area contributed by atoms with Crippen LogP contribution in [0.25, 0.3) is 0 Å². The van der Waals surface area contributed by atoms with E-state index in [1.165, 1.54) is 11.9 Å². The van der Waals surface area contributed by atoms with Gasteiger partial charge in [0.1, 0.15) is 6.54 Å². The minimum atomic E-state index is -0.992. The van der Waals surface area contributed by atoms with Crippen molar-refractivity contribution in [3.8, 4) is 0 Å². The third-order valence-corrected chi connectivity index (χ3v) is 2.83. The molecule has 0 aliphatic carbocycles. The lowest BCUT2D eigenvalue weighted by Gasteiger charge is -2.22. The lowest BCUT2D eigenvalue weighted by atomic mass is 9.93. The summed E-state index contributed by atoms with van der Waals surface area (Å²) in [6.07, 6.45) is 1.61. The first kappa shape index (κ1) is 14.2. The average molecular weight is 249 g/mol. The van der Waals surface area contributed by atoms with E-state index in [4.69, 9.17) is 5.11 Å². The van der Waals surface area contributed by atoms with Gasteiger partial charge in [0.2, 0.25) is 5.91 Å². The Morgan fingerprint density at radius 2 is 1.89 bits per heavy atom. The van der Waals surface area contributed by atoms with Crippen LogP contribution in [-0.2, 0) is 9.59 Å². The van der Waals surface area contributed by atoms with Crippen LogP contribution >= 0.6 is 0 Å². The van der Waals surface area contributed by atoms with Crippen LogP contribution in [0.4, 0.5) is 0 Å². The molecule has 1 amide bonds. The molecular formula is C14H19NO3. The van der Waals surface area contributed by atoms with E-state index < -0.39 is 5.97 Å². The van der Waals surface area contributed by atoms with Gasteiger partial charge in [-0.3, -0.25) is 9.59 Å². The lowest BCUT2D eigenvalue weighted by Crippen LogP contribution is -2.35. The second-order valence-electron chi connectivity index (χ2n) is 4.34. The van der Waals surface area contributed by atoms with E-state index in [1.807, 2.05) is 37.3 Å². The largest absolute Gasteiger partial charge is 0.480 e. The zero-order chi connectivity index (χ0) is 13.5. The van der Waals surface area contributed by atoms with Crippen molar-refractivity contribution in [1.29, 1.82) is 0 Å². The molecule has 1 unspecified atom stereocenters. The fraction of sp³-hybridized carbons (Fsp3) is 0.429. The summed E-state index contributed by atoms with van der Waals surface area (Å²) >= 11 is 0. The standard InChI is InChI=1S/C14H19NO3/c1-3-7-12(11-8-5-4-6-9-11)14(18)15(2)10-13(16)17/h4-6,8-9,12H,3,7,10H2,1-2H3,(H,16,17). The van der Waals surface area contributed by atoms with Crippen LogP contribution in [0.1, 0.15) is 31.2 Å². The zero-order valence-electron chi connectivity index (χ0n) is 10.8. The van der Waals surface area contributed by atoms with Crippen LogP contribution in [0.15, 0.2) is 30.3 Å². The maximum absolute atomic E-state index is 12.2. The summed E-state index contributed by atoms with van der Waals surface area (Å²) in [7, 11) is 1.53. The first-order valence-corrected chi connectivity index (χ1v) is 6.08. The second-order valence-corrected chi connectivity index (χ2v) is 4.34. The summed E-state index contributed by atoms with van der Waals surface area (Å²) in [5, 5.41) is 8.72. The molecule has 1 aromatic carbocycles. The predicted molar refractivity (Wildman–Crippen MR) is 69.4 cm³/mol. The molecule has 1 aromatic rings. The van der Waals surface area contributed by atoms with Crippen molar-refractivity contribution in [2.24, 2.45) is 0 Å². The zero-order valence-corrected chi connectivity index (χ0v) is 10.8. The van der Waals surface area contributed by atoms with Gasteiger partial charge in [-0.05, 0) is 12.0 Å². The number of carboxylic acid groups (broad SMARTS) is 1. The lowest BCUT2D eigenvalue weighted by molar-refractivity contribution is -0.144. The highest BCUT2D eigenvalue weighted by Crippen LogP contribution is 2.23. The molecule has 0 bridgehead atoms. The molecular weight excluding hydrogens is 230 g/mol. The summed E-state index contributed by atoms with van der Waals surface area (Å²) in [4.78, 5) is 24.1. The molecule has 0 aliphatic heterocycles. The minimum Gasteiger partial charge on any atom is -0.480 e. The number of aliphatic carboxylic acids is 1. The quantitative estimate of drug-likeness (QED) is 0.840. The van der Waals surface area contributed by atoms with E-state index >= 15 is 0 Å². The second kappa shape index (κ2) is 6.79. The Hall–Kier alpha value is -1.84. The van der Waals surface area contributed by atoms with Crippen molar-refractivity contribution >= 4 is 11.9 Å². The van der Waals surface area contributed by atoms with Crippen LogP contribution in [-0.4, -0.2) is 35.5 Å². The maximum atomic E-state index is 12.2. The van der Waals surface area contributed by atoms with Gasteiger partial charge in [-0.2, -0.15) is 0 Å². The molecule has 1 rings (SSSR count).